The zero-order valence-corrected chi connectivity index (χ0v) is 10.7. The van der Waals surface area contributed by atoms with E-state index in [-0.39, 0.29) is 0 Å². The van der Waals surface area contributed by atoms with Crippen molar-refractivity contribution >= 4 is 0 Å². The standard InChI is InChI=1S/C16H22N/c1-12-2-4-17(5-3-12)16-9-13-6-14(10-16)8-15(7-13)11-16/h2-5,13-15H,6-11H2,1H3/q+1. The summed E-state index contributed by atoms with van der Waals surface area (Å²) >= 11 is 0. The summed E-state index contributed by atoms with van der Waals surface area (Å²) in [5, 5.41) is 0. The third kappa shape index (κ3) is 1.47. The van der Waals surface area contributed by atoms with Crippen molar-refractivity contribution in [2.45, 2.75) is 51.0 Å². The molecule has 0 atom stereocenters. The molecule has 0 N–H and O–H groups in total. The fraction of sp³-hybridized carbons (Fsp3) is 0.688. The van der Waals surface area contributed by atoms with Crippen LogP contribution in [-0.2, 0) is 5.54 Å². The van der Waals surface area contributed by atoms with Gasteiger partial charge in [-0.1, -0.05) is 0 Å². The number of aryl methyl sites for hydroxylation is 1. The minimum Gasteiger partial charge on any atom is -0.200 e. The zero-order valence-electron chi connectivity index (χ0n) is 10.7. The Balaban J connectivity index is 1.74. The molecule has 0 saturated heterocycles. The molecule has 0 amide bonds. The second kappa shape index (κ2) is 3.34. The van der Waals surface area contributed by atoms with Crippen molar-refractivity contribution in [2.24, 2.45) is 17.8 Å². The summed E-state index contributed by atoms with van der Waals surface area (Å²) in [6.45, 7) is 2.18. The maximum absolute atomic E-state index is 2.56. The Morgan fingerprint density at radius 1 is 0.941 bits per heavy atom. The first-order chi connectivity index (χ1) is 8.23. The second-order valence-electron chi connectivity index (χ2n) is 6.92. The number of nitrogens with zero attached hydrogens (tertiary/aromatic N) is 1. The highest BCUT2D eigenvalue weighted by Crippen LogP contribution is 2.56. The predicted octanol–water partition coefficient (Wildman–Crippen LogP) is 3.21. The lowest BCUT2D eigenvalue weighted by Crippen LogP contribution is -2.64. The molecule has 5 rings (SSSR count). The third-order valence-electron chi connectivity index (χ3n) is 5.55. The Morgan fingerprint density at radius 3 is 1.88 bits per heavy atom. The fourth-order valence-corrected chi connectivity index (χ4v) is 5.20. The van der Waals surface area contributed by atoms with Crippen molar-refractivity contribution in [3.05, 3.63) is 30.1 Å². The van der Waals surface area contributed by atoms with Crippen LogP contribution in [-0.4, -0.2) is 0 Å². The summed E-state index contributed by atoms with van der Waals surface area (Å²) in [4.78, 5) is 0. The molecule has 0 spiro atoms. The highest BCUT2D eigenvalue weighted by Gasteiger charge is 2.56. The van der Waals surface area contributed by atoms with E-state index in [1.54, 1.807) is 0 Å². The number of rotatable bonds is 1. The Kier molecular flexibility index (Phi) is 1.98. The van der Waals surface area contributed by atoms with E-state index in [0.29, 0.717) is 5.54 Å². The van der Waals surface area contributed by atoms with Crippen LogP contribution >= 0.6 is 0 Å². The van der Waals surface area contributed by atoms with Crippen LogP contribution in [0.5, 0.6) is 0 Å². The Morgan fingerprint density at radius 2 is 1.41 bits per heavy atom. The van der Waals surface area contributed by atoms with Crippen LogP contribution in [0.3, 0.4) is 0 Å². The van der Waals surface area contributed by atoms with Crippen LogP contribution in [0.4, 0.5) is 0 Å². The topological polar surface area (TPSA) is 3.88 Å². The molecule has 90 valence electrons. The summed E-state index contributed by atoms with van der Waals surface area (Å²) in [7, 11) is 0. The highest BCUT2D eigenvalue weighted by molar-refractivity contribution is 5.05. The van der Waals surface area contributed by atoms with E-state index >= 15 is 0 Å². The van der Waals surface area contributed by atoms with Gasteiger partial charge in [0, 0.05) is 31.4 Å². The Labute approximate surface area is 104 Å². The van der Waals surface area contributed by atoms with Crippen LogP contribution in [0, 0.1) is 24.7 Å². The number of hydrogen-bond acceptors (Lipinski definition) is 0. The summed E-state index contributed by atoms with van der Waals surface area (Å²) in [6.07, 6.45) is 13.6. The van der Waals surface area contributed by atoms with Crippen molar-refractivity contribution in [1.82, 2.24) is 0 Å². The average molecular weight is 228 g/mol. The normalized spacial score (nSPS) is 43.0. The van der Waals surface area contributed by atoms with Gasteiger partial charge < -0.3 is 0 Å². The number of pyridine rings is 1. The van der Waals surface area contributed by atoms with Crippen LogP contribution in [0.1, 0.15) is 44.1 Å². The summed E-state index contributed by atoms with van der Waals surface area (Å²) < 4.78 is 2.56. The van der Waals surface area contributed by atoms with E-state index in [2.05, 4.69) is 36.0 Å². The monoisotopic (exact) mass is 228 g/mol. The molecule has 4 saturated carbocycles. The van der Waals surface area contributed by atoms with Crippen LogP contribution in [0.15, 0.2) is 24.5 Å². The van der Waals surface area contributed by atoms with E-state index in [0.717, 1.165) is 17.8 Å². The number of aromatic nitrogens is 1. The molecule has 1 heterocycles. The van der Waals surface area contributed by atoms with Gasteiger partial charge in [-0.25, -0.2) is 0 Å². The van der Waals surface area contributed by atoms with Gasteiger partial charge in [-0.15, -0.1) is 0 Å². The van der Waals surface area contributed by atoms with Crippen molar-refractivity contribution < 1.29 is 4.57 Å². The first-order valence-electron chi connectivity index (χ1n) is 7.22. The van der Waals surface area contributed by atoms with Gasteiger partial charge >= 0.3 is 0 Å². The van der Waals surface area contributed by atoms with Crippen LogP contribution in [0.25, 0.3) is 0 Å². The highest BCUT2D eigenvalue weighted by atomic mass is 15.0. The maximum atomic E-state index is 2.56. The Hall–Kier alpha value is -0.850. The summed E-state index contributed by atoms with van der Waals surface area (Å²) in [5.74, 6) is 3.11. The summed E-state index contributed by atoms with van der Waals surface area (Å²) in [5.41, 5.74) is 1.88. The molecule has 4 aliphatic carbocycles. The molecule has 0 radical (unpaired) electrons. The minimum atomic E-state index is 0.502. The molecule has 4 aliphatic rings. The van der Waals surface area contributed by atoms with Gasteiger partial charge in [-0.3, -0.25) is 0 Å². The molecular formula is C16H22N+. The van der Waals surface area contributed by atoms with Gasteiger partial charge in [-0.05, 0) is 49.5 Å². The molecule has 1 aromatic rings. The fourth-order valence-electron chi connectivity index (χ4n) is 5.20. The maximum Gasteiger partial charge on any atom is 0.169 e. The third-order valence-corrected chi connectivity index (χ3v) is 5.55. The van der Waals surface area contributed by atoms with Gasteiger partial charge in [0.1, 0.15) is 0 Å². The van der Waals surface area contributed by atoms with Crippen molar-refractivity contribution in [1.29, 1.82) is 0 Å². The van der Waals surface area contributed by atoms with E-state index in [9.17, 15) is 0 Å². The molecule has 0 aromatic carbocycles. The van der Waals surface area contributed by atoms with E-state index in [1.807, 2.05) is 0 Å². The van der Waals surface area contributed by atoms with Crippen molar-refractivity contribution in [3.63, 3.8) is 0 Å². The molecule has 1 nitrogen and oxygen atoms in total. The zero-order chi connectivity index (χ0) is 11.5. The molecular weight excluding hydrogens is 206 g/mol. The molecule has 17 heavy (non-hydrogen) atoms. The minimum absolute atomic E-state index is 0.502. The van der Waals surface area contributed by atoms with Gasteiger partial charge in [0.15, 0.2) is 17.9 Å². The van der Waals surface area contributed by atoms with Gasteiger partial charge in [0.05, 0.1) is 0 Å². The lowest BCUT2D eigenvalue weighted by molar-refractivity contribution is -0.776. The molecule has 4 fully saturated rings. The largest absolute Gasteiger partial charge is 0.200 e. The van der Waals surface area contributed by atoms with Crippen molar-refractivity contribution in [2.75, 3.05) is 0 Å². The van der Waals surface area contributed by atoms with Gasteiger partial charge in [0.2, 0.25) is 0 Å². The van der Waals surface area contributed by atoms with Gasteiger partial charge in [0.25, 0.3) is 0 Å². The SMILES string of the molecule is Cc1cc[n+](C23CC4CC(CC(C4)C2)C3)cc1. The first kappa shape index (κ1) is 10.1. The smallest absolute Gasteiger partial charge is 0.169 e. The van der Waals surface area contributed by atoms with E-state index in [1.165, 1.54) is 44.1 Å². The second-order valence-corrected chi connectivity index (χ2v) is 6.92. The molecule has 0 aliphatic heterocycles. The molecule has 0 unspecified atom stereocenters. The number of hydrogen-bond donors (Lipinski definition) is 0. The lowest BCUT2D eigenvalue weighted by Gasteiger charge is -2.53. The average Bonchev–Trinajstić information content (AvgIpc) is 2.27. The Bertz CT molecular complexity index is 396. The van der Waals surface area contributed by atoms with Gasteiger partial charge in [-0.2, -0.15) is 4.57 Å². The molecule has 1 aromatic heterocycles. The van der Waals surface area contributed by atoms with E-state index in [4.69, 9.17) is 0 Å². The van der Waals surface area contributed by atoms with Crippen LogP contribution in [0.2, 0.25) is 0 Å². The van der Waals surface area contributed by atoms with Crippen molar-refractivity contribution in [3.8, 4) is 0 Å². The summed E-state index contributed by atoms with van der Waals surface area (Å²) in [6, 6.07) is 4.55. The molecule has 4 bridgehead atoms. The van der Waals surface area contributed by atoms with Crippen LogP contribution < -0.4 is 4.57 Å². The quantitative estimate of drug-likeness (QED) is 0.650. The first-order valence-corrected chi connectivity index (χ1v) is 7.22. The van der Waals surface area contributed by atoms with E-state index < -0.39 is 0 Å². The molecule has 1 heteroatoms. The predicted molar refractivity (Wildman–Crippen MR) is 67.5 cm³/mol. The lowest BCUT2D eigenvalue weighted by atomic mass is 9.53.